The molecule has 0 aliphatic carbocycles. The number of nitrogens with zero attached hydrogens (tertiary/aromatic N) is 1. The van der Waals surface area contributed by atoms with E-state index in [-0.39, 0.29) is 5.91 Å². The predicted octanol–water partition coefficient (Wildman–Crippen LogP) is 2.81. The van der Waals surface area contributed by atoms with Gasteiger partial charge in [-0.3, -0.25) is 9.59 Å². The van der Waals surface area contributed by atoms with Gasteiger partial charge >= 0.3 is 0 Å². The predicted molar refractivity (Wildman–Crippen MR) is 80.3 cm³/mol. The van der Waals surface area contributed by atoms with Crippen LogP contribution in [0.15, 0.2) is 12.1 Å². The van der Waals surface area contributed by atoms with Crippen molar-refractivity contribution in [2.75, 3.05) is 18.1 Å². The van der Waals surface area contributed by atoms with Crippen molar-refractivity contribution < 1.29 is 19.1 Å². The molecule has 0 fully saturated rings. The number of benzene rings is 1. The molecule has 0 atom stereocenters. The summed E-state index contributed by atoms with van der Waals surface area (Å²) >= 11 is 0. The fourth-order valence-corrected chi connectivity index (χ4v) is 2.35. The van der Waals surface area contributed by atoms with Crippen LogP contribution in [0.1, 0.15) is 44.5 Å². The van der Waals surface area contributed by atoms with Crippen LogP contribution in [-0.4, -0.2) is 30.9 Å². The molecule has 1 aromatic rings. The van der Waals surface area contributed by atoms with E-state index in [9.17, 15) is 9.59 Å². The van der Waals surface area contributed by atoms with E-state index in [1.807, 2.05) is 13.8 Å². The topological polar surface area (TPSA) is 55.8 Å². The van der Waals surface area contributed by atoms with Crippen molar-refractivity contribution in [3.05, 3.63) is 17.7 Å². The van der Waals surface area contributed by atoms with Crippen molar-refractivity contribution in [3.8, 4) is 11.5 Å². The van der Waals surface area contributed by atoms with Crippen molar-refractivity contribution in [2.45, 2.75) is 39.7 Å². The summed E-state index contributed by atoms with van der Waals surface area (Å²) in [5.41, 5.74) is 0.114. The number of carbonyl (C=O) groups is 2. The molecule has 1 aliphatic heterocycles. The summed E-state index contributed by atoms with van der Waals surface area (Å²) in [7, 11) is 0. The van der Waals surface area contributed by atoms with E-state index in [2.05, 4.69) is 0 Å². The minimum atomic E-state index is -0.948. The molecule has 114 valence electrons. The van der Waals surface area contributed by atoms with Gasteiger partial charge in [0, 0.05) is 12.1 Å². The molecule has 5 nitrogen and oxygen atoms in total. The Hall–Kier alpha value is -2.04. The number of hydrogen-bond acceptors (Lipinski definition) is 4. The quantitative estimate of drug-likeness (QED) is 0.783. The average Bonchev–Trinajstić information content (AvgIpc) is 2.46. The Morgan fingerprint density at radius 3 is 2.62 bits per heavy atom. The summed E-state index contributed by atoms with van der Waals surface area (Å²) in [6, 6.07) is 3.32. The molecule has 0 N–H and O–H groups in total. The number of rotatable bonds is 5. The Morgan fingerprint density at radius 1 is 1.33 bits per heavy atom. The van der Waals surface area contributed by atoms with Gasteiger partial charge in [-0.15, -0.1) is 0 Å². The van der Waals surface area contributed by atoms with Crippen LogP contribution >= 0.6 is 0 Å². The molecule has 0 aromatic heterocycles. The zero-order valence-electron chi connectivity index (χ0n) is 12.9. The number of amides is 1. The van der Waals surface area contributed by atoms with Crippen molar-refractivity contribution in [2.24, 2.45) is 0 Å². The number of ether oxygens (including phenoxy) is 2. The van der Waals surface area contributed by atoms with Gasteiger partial charge in [-0.25, -0.2) is 0 Å². The molecule has 2 rings (SSSR count). The molecule has 0 saturated heterocycles. The number of aldehydes is 1. The van der Waals surface area contributed by atoms with Gasteiger partial charge in [0.2, 0.25) is 0 Å². The highest BCUT2D eigenvalue weighted by Gasteiger charge is 2.41. The molecular weight excluding hydrogens is 270 g/mol. The standard InChI is InChI=1S/C16H21NO4/c1-5-7-20-13-9-11(10-18)8-12-14(13)21-16(3,4)15(19)17(12)6-2/h8-10H,5-7H2,1-4H3. The highest BCUT2D eigenvalue weighted by molar-refractivity contribution is 6.03. The van der Waals surface area contributed by atoms with Gasteiger partial charge in [-0.2, -0.15) is 0 Å². The normalized spacial score (nSPS) is 16.2. The summed E-state index contributed by atoms with van der Waals surface area (Å²) in [5.74, 6) is 0.915. The highest BCUT2D eigenvalue weighted by Crippen LogP contribution is 2.45. The van der Waals surface area contributed by atoms with Crippen LogP contribution in [0.2, 0.25) is 0 Å². The highest BCUT2D eigenvalue weighted by atomic mass is 16.5. The van der Waals surface area contributed by atoms with Crippen LogP contribution in [0, 0.1) is 0 Å². The lowest BCUT2D eigenvalue weighted by Gasteiger charge is -2.39. The molecule has 1 aromatic carbocycles. The van der Waals surface area contributed by atoms with Crippen LogP contribution in [-0.2, 0) is 4.79 Å². The SMILES string of the molecule is CCCOc1cc(C=O)cc2c1OC(C)(C)C(=O)N2CC. The van der Waals surface area contributed by atoms with Crippen LogP contribution in [0.4, 0.5) is 5.69 Å². The maximum Gasteiger partial charge on any atom is 0.270 e. The van der Waals surface area contributed by atoms with Crippen molar-refractivity contribution in [1.82, 2.24) is 0 Å². The molecule has 0 spiro atoms. The van der Waals surface area contributed by atoms with Gasteiger partial charge in [0.1, 0.15) is 6.29 Å². The molecule has 1 heterocycles. The van der Waals surface area contributed by atoms with Gasteiger partial charge < -0.3 is 14.4 Å². The second-order valence-electron chi connectivity index (χ2n) is 5.50. The summed E-state index contributed by atoms with van der Waals surface area (Å²) in [4.78, 5) is 25.2. The second kappa shape index (κ2) is 5.76. The molecule has 1 aliphatic rings. The molecule has 0 saturated carbocycles. The van der Waals surface area contributed by atoms with E-state index in [0.29, 0.717) is 35.9 Å². The van der Waals surface area contributed by atoms with Gasteiger partial charge in [0.05, 0.1) is 12.3 Å². The Morgan fingerprint density at radius 2 is 2.05 bits per heavy atom. The van der Waals surface area contributed by atoms with E-state index in [0.717, 1.165) is 12.7 Å². The van der Waals surface area contributed by atoms with Crippen molar-refractivity contribution >= 4 is 17.9 Å². The third-order valence-corrected chi connectivity index (χ3v) is 3.38. The molecule has 0 unspecified atom stereocenters. The maximum atomic E-state index is 12.4. The fraction of sp³-hybridized carbons (Fsp3) is 0.500. The van der Waals surface area contributed by atoms with E-state index in [1.165, 1.54) is 0 Å². The minimum absolute atomic E-state index is 0.123. The number of likely N-dealkylation sites (N-methyl/N-ethyl adjacent to an activating group) is 1. The van der Waals surface area contributed by atoms with E-state index < -0.39 is 5.60 Å². The number of hydrogen-bond donors (Lipinski definition) is 0. The molecule has 0 bridgehead atoms. The van der Waals surface area contributed by atoms with Crippen LogP contribution in [0.3, 0.4) is 0 Å². The Labute approximate surface area is 124 Å². The van der Waals surface area contributed by atoms with Crippen LogP contribution in [0.25, 0.3) is 0 Å². The first kappa shape index (κ1) is 15.4. The number of carbonyl (C=O) groups excluding carboxylic acids is 2. The summed E-state index contributed by atoms with van der Waals surface area (Å²) in [5, 5.41) is 0. The maximum absolute atomic E-state index is 12.4. The van der Waals surface area contributed by atoms with Gasteiger partial charge in [0.25, 0.3) is 5.91 Å². The lowest BCUT2D eigenvalue weighted by atomic mass is 10.0. The molecule has 5 heteroatoms. The average molecular weight is 291 g/mol. The minimum Gasteiger partial charge on any atom is -0.490 e. The van der Waals surface area contributed by atoms with Crippen LogP contribution in [0.5, 0.6) is 11.5 Å². The lowest BCUT2D eigenvalue weighted by Crippen LogP contribution is -2.52. The zero-order chi connectivity index (χ0) is 15.6. The number of fused-ring (bicyclic) bond motifs is 1. The lowest BCUT2D eigenvalue weighted by molar-refractivity contribution is -0.132. The Kier molecular flexibility index (Phi) is 4.21. The molecule has 0 radical (unpaired) electrons. The van der Waals surface area contributed by atoms with E-state index >= 15 is 0 Å². The van der Waals surface area contributed by atoms with E-state index in [4.69, 9.17) is 9.47 Å². The third-order valence-electron chi connectivity index (χ3n) is 3.38. The summed E-state index contributed by atoms with van der Waals surface area (Å²) in [6.07, 6.45) is 1.59. The smallest absolute Gasteiger partial charge is 0.270 e. The van der Waals surface area contributed by atoms with Crippen molar-refractivity contribution in [1.29, 1.82) is 0 Å². The summed E-state index contributed by atoms with van der Waals surface area (Å²) < 4.78 is 11.6. The first-order valence-corrected chi connectivity index (χ1v) is 7.21. The Bertz CT molecular complexity index is 566. The van der Waals surface area contributed by atoms with Gasteiger partial charge in [0.15, 0.2) is 17.1 Å². The zero-order valence-corrected chi connectivity index (χ0v) is 12.9. The van der Waals surface area contributed by atoms with Crippen LogP contribution < -0.4 is 14.4 Å². The Balaban J connectivity index is 2.59. The summed E-state index contributed by atoms with van der Waals surface area (Å²) in [6.45, 7) is 8.40. The number of anilines is 1. The molecular formula is C16H21NO4. The fourth-order valence-electron chi connectivity index (χ4n) is 2.35. The van der Waals surface area contributed by atoms with Gasteiger partial charge in [-0.1, -0.05) is 6.92 Å². The monoisotopic (exact) mass is 291 g/mol. The third kappa shape index (κ3) is 2.73. The second-order valence-corrected chi connectivity index (χ2v) is 5.50. The molecule has 21 heavy (non-hydrogen) atoms. The van der Waals surface area contributed by atoms with E-state index in [1.54, 1.807) is 30.9 Å². The van der Waals surface area contributed by atoms with Gasteiger partial charge in [-0.05, 0) is 39.3 Å². The largest absolute Gasteiger partial charge is 0.490 e. The molecule has 1 amide bonds. The van der Waals surface area contributed by atoms with Crippen molar-refractivity contribution in [3.63, 3.8) is 0 Å². The first-order chi connectivity index (χ1) is 9.94. The first-order valence-electron chi connectivity index (χ1n) is 7.21.